The highest BCUT2D eigenvalue weighted by atomic mass is 35.5. The number of rotatable bonds is 4. The van der Waals surface area contributed by atoms with Gasteiger partial charge in [-0.25, -0.2) is 9.97 Å². The topological polar surface area (TPSA) is 70.3 Å². The van der Waals surface area contributed by atoms with Gasteiger partial charge in [0.25, 0.3) is 0 Å². The second-order valence-corrected chi connectivity index (χ2v) is 5.32. The van der Waals surface area contributed by atoms with Crippen molar-refractivity contribution in [3.05, 3.63) is 29.2 Å². The van der Waals surface area contributed by atoms with Gasteiger partial charge in [0, 0.05) is 4.90 Å². The Bertz CT molecular complexity index is 637. The van der Waals surface area contributed by atoms with E-state index in [1.807, 2.05) is 18.2 Å². The van der Waals surface area contributed by atoms with Crippen LogP contribution in [0.1, 0.15) is 5.82 Å². The first-order valence-electron chi connectivity index (χ1n) is 5.74. The maximum atomic E-state index is 5.96. The van der Waals surface area contributed by atoms with E-state index in [-0.39, 0.29) is 5.15 Å². The molecular formula is C13H14ClN3O2S. The largest absolute Gasteiger partial charge is 0.493 e. The van der Waals surface area contributed by atoms with Crippen LogP contribution in [-0.2, 0) is 0 Å². The predicted octanol–water partition coefficient (Wildman–Crippen LogP) is 3.19. The molecule has 0 aliphatic heterocycles. The Balaban J connectivity index is 2.35. The Morgan fingerprint density at radius 2 is 1.85 bits per heavy atom. The lowest BCUT2D eigenvalue weighted by molar-refractivity contribution is 0.354. The number of halogens is 1. The fourth-order valence-electron chi connectivity index (χ4n) is 1.59. The van der Waals surface area contributed by atoms with E-state index >= 15 is 0 Å². The van der Waals surface area contributed by atoms with Crippen molar-refractivity contribution in [1.82, 2.24) is 9.97 Å². The summed E-state index contributed by atoms with van der Waals surface area (Å²) in [7, 11) is 3.18. The third kappa shape index (κ3) is 3.08. The highest BCUT2D eigenvalue weighted by Crippen LogP contribution is 2.37. The first-order valence-corrected chi connectivity index (χ1v) is 6.94. The van der Waals surface area contributed by atoms with Crippen LogP contribution in [0.5, 0.6) is 11.5 Å². The Kier molecular flexibility index (Phi) is 4.57. The van der Waals surface area contributed by atoms with Crippen LogP contribution in [-0.4, -0.2) is 24.2 Å². The van der Waals surface area contributed by atoms with Crippen molar-refractivity contribution in [3.63, 3.8) is 0 Å². The van der Waals surface area contributed by atoms with E-state index < -0.39 is 0 Å². The van der Waals surface area contributed by atoms with Gasteiger partial charge in [0.15, 0.2) is 16.7 Å². The zero-order valence-electron chi connectivity index (χ0n) is 11.3. The maximum Gasteiger partial charge on any atom is 0.161 e. The molecule has 0 saturated carbocycles. The summed E-state index contributed by atoms with van der Waals surface area (Å²) in [6, 6.07) is 5.58. The lowest BCUT2D eigenvalue weighted by Crippen LogP contribution is -1.99. The summed E-state index contributed by atoms with van der Waals surface area (Å²) < 4.78 is 10.5. The molecule has 0 aliphatic carbocycles. The van der Waals surface area contributed by atoms with Crippen LogP contribution in [0.15, 0.2) is 28.1 Å². The van der Waals surface area contributed by atoms with Gasteiger partial charge < -0.3 is 15.2 Å². The molecule has 1 heterocycles. The molecule has 0 unspecified atom stereocenters. The van der Waals surface area contributed by atoms with Gasteiger partial charge in [0.1, 0.15) is 16.5 Å². The van der Waals surface area contributed by atoms with Crippen molar-refractivity contribution in [2.75, 3.05) is 20.0 Å². The molecular weight excluding hydrogens is 298 g/mol. The molecule has 1 aromatic carbocycles. The van der Waals surface area contributed by atoms with E-state index in [1.54, 1.807) is 21.1 Å². The molecule has 0 radical (unpaired) electrons. The highest BCUT2D eigenvalue weighted by Gasteiger charge is 2.12. The Morgan fingerprint density at radius 3 is 2.50 bits per heavy atom. The molecule has 0 amide bonds. The minimum absolute atomic E-state index is 0.264. The average molecular weight is 312 g/mol. The number of benzene rings is 1. The van der Waals surface area contributed by atoms with E-state index in [0.29, 0.717) is 28.0 Å². The van der Waals surface area contributed by atoms with Crippen LogP contribution < -0.4 is 15.2 Å². The monoisotopic (exact) mass is 311 g/mol. The third-order valence-corrected chi connectivity index (χ3v) is 3.83. The van der Waals surface area contributed by atoms with Gasteiger partial charge in [-0.15, -0.1) is 0 Å². The number of nitrogens with two attached hydrogens (primary N) is 1. The molecule has 2 aromatic rings. The summed E-state index contributed by atoms with van der Waals surface area (Å²) in [6.07, 6.45) is 0. The van der Waals surface area contributed by atoms with Gasteiger partial charge in [0.05, 0.1) is 14.2 Å². The van der Waals surface area contributed by atoms with Crippen molar-refractivity contribution in [2.45, 2.75) is 16.8 Å². The number of ether oxygens (including phenoxy) is 2. The van der Waals surface area contributed by atoms with Crippen molar-refractivity contribution in [2.24, 2.45) is 0 Å². The van der Waals surface area contributed by atoms with E-state index in [9.17, 15) is 0 Å². The molecule has 7 heteroatoms. The van der Waals surface area contributed by atoms with Crippen molar-refractivity contribution >= 4 is 29.1 Å². The number of nitrogens with zero attached hydrogens (tertiary/aromatic N) is 2. The molecule has 0 saturated heterocycles. The van der Waals surface area contributed by atoms with Gasteiger partial charge in [-0.1, -0.05) is 23.4 Å². The number of anilines is 1. The van der Waals surface area contributed by atoms with Gasteiger partial charge >= 0.3 is 0 Å². The van der Waals surface area contributed by atoms with Crippen molar-refractivity contribution in [1.29, 1.82) is 0 Å². The van der Waals surface area contributed by atoms with Crippen LogP contribution in [0.2, 0.25) is 5.15 Å². The van der Waals surface area contributed by atoms with Crippen molar-refractivity contribution in [3.8, 4) is 11.5 Å². The first-order chi connectivity index (χ1) is 9.55. The lowest BCUT2D eigenvalue weighted by atomic mass is 10.3. The van der Waals surface area contributed by atoms with Crippen LogP contribution in [0, 0.1) is 6.92 Å². The standard InChI is InChI=1S/C13H14ClN3O2S/c1-7-16-12(14)11(15)13(17-7)20-8-4-5-9(18-2)10(6-8)19-3/h4-6H,15H2,1-3H3. The molecule has 1 aromatic heterocycles. The van der Waals surface area contributed by atoms with Gasteiger partial charge in [-0.05, 0) is 25.1 Å². The number of hydrogen-bond acceptors (Lipinski definition) is 6. The van der Waals surface area contributed by atoms with E-state index in [4.69, 9.17) is 26.8 Å². The van der Waals surface area contributed by atoms with Gasteiger partial charge in [-0.2, -0.15) is 0 Å². The Labute approximate surface area is 126 Å². The van der Waals surface area contributed by atoms with Crippen LogP contribution in [0.25, 0.3) is 0 Å². The van der Waals surface area contributed by atoms with E-state index in [1.165, 1.54) is 11.8 Å². The molecule has 2 N–H and O–H groups in total. The number of methoxy groups -OCH3 is 2. The van der Waals surface area contributed by atoms with Crippen molar-refractivity contribution < 1.29 is 9.47 Å². The number of aromatic nitrogens is 2. The van der Waals surface area contributed by atoms with Crippen LogP contribution >= 0.6 is 23.4 Å². The molecule has 20 heavy (non-hydrogen) atoms. The summed E-state index contributed by atoms with van der Waals surface area (Å²) in [6.45, 7) is 1.77. The average Bonchev–Trinajstić information content (AvgIpc) is 2.44. The summed E-state index contributed by atoms with van der Waals surface area (Å²) in [5.74, 6) is 1.89. The fourth-order valence-corrected chi connectivity index (χ4v) is 2.77. The molecule has 0 aliphatic rings. The normalized spacial score (nSPS) is 10.4. The first kappa shape index (κ1) is 14.7. The quantitative estimate of drug-likeness (QED) is 0.874. The van der Waals surface area contributed by atoms with E-state index in [0.717, 1.165) is 4.90 Å². The molecule has 5 nitrogen and oxygen atoms in total. The molecule has 0 fully saturated rings. The minimum atomic E-state index is 0.264. The zero-order chi connectivity index (χ0) is 14.7. The predicted molar refractivity (Wildman–Crippen MR) is 79.9 cm³/mol. The van der Waals surface area contributed by atoms with E-state index in [2.05, 4.69) is 9.97 Å². The van der Waals surface area contributed by atoms with Crippen LogP contribution in [0.3, 0.4) is 0 Å². The van der Waals surface area contributed by atoms with Gasteiger partial charge in [-0.3, -0.25) is 0 Å². The molecule has 2 rings (SSSR count). The molecule has 0 bridgehead atoms. The molecule has 106 valence electrons. The summed E-state index contributed by atoms with van der Waals surface area (Å²) in [5.41, 5.74) is 6.26. The molecule has 0 atom stereocenters. The highest BCUT2D eigenvalue weighted by molar-refractivity contribution is 7.99. The number of nitrogen functional groups attached to an aromatic ring is 1. The molecule has 0 spiro atoms. The smallest absolute Gasteiger partial charge is 0.161 e. The van der Waals surface area contributed by atoms with Crippen LogP contribution in [0.4, 0.5) is 5.69 Å². The lowest BCUT2D eigenvalue weighted by Gasteiger charge is -2.10. The Morgan fingerprint density at radius 1 is 1.15 bits per heavy atom. The SMILES string of the molecule is COc1ccc(Sc2nc(C)nc(Cl)c2N)cc1OC. The fraction of sp³-hybridized carbons (Fsp3) is 0.231. The zero-order valence-corrected chi connectivity index (χ0v) is 12.9. The minimum Gasteiger partial charge on any atom is -0.493 e. The maximum absolute atomic E-state index is 5.96. The second-order valence-electron chi connectivity index (χ2n) is 3.90. The third-order valence-electron chi connectivity index (χ3n) is 2.55. The number of aryl methyl sites for hydroxylation is 1. The summed E-state index contributed by atoms with van der Waals surface area (Å²) >= 11 is 7.35. The van der Waals surface area contributed by atoms with Gasteiger partial charge in [0.2, 0.25) is 0 Å². The summed E-state index contributed by atoms with van der Waals surface area (Å²) in [4.78, 5) is 9.23. The Hall–Kier alpha value is -1.66. The number of hydrogen-bond donors (Lipinski definition) is 1. The second kappa shape index (κ2) is 6.19. The summed E-state index contributed by atoms with van der Waals surface area (Å²) in [5, 5.41) is 0.884.